The summed E-state index contributed by atoms with van der Waals surface area (Å²) in [5.41, 5.74) is 7.12. The van der Waals surface area contributed by atoms with Gasteiger partial charge in [0.1, 0.15) is 5.51 Å². The molecule has 4 heteroatoms. The lowest BCUT2D eigenvalue weighted by Crippen LogP contribution is -2.06. The molecule has 0 spiro atoms. The van der Waals surface area contributed by atoms with Gasteiger partial charge in [-0.1, -0.05) is 0 Å². The second kappa shape index (κ2) is 2.19. The third kappa shape index (κ3) is 1.02. The fourth-order valence-electron chi connectivity index (χ4n) is 0.379. The summed E-state index contributed by atoms with van der Waals surface area (Å²) in [6.45, 7) is 1.86. The number of rotatable bonds is 1. The maximum atomic E-state index is 5.44. The summed E-state index contributed by atoms with van der Waals surface area (Å²) in [4.78, 5) is 3.90. The summed E-state index contributed by atoms with van der Waals surface area (Å²) in [5, 5.41) is 0. The second-order valence-corrected chi connectivity index (χ2v) is 2.18. The first-order chi connectivity index (χ1) is 3.80. The molecule has 0 aliphatic rings. The molecule has 2 N–H and O–H groups in total. The van der Waals surface area contributed by atoms with Crippen molar-refractivity contribution in [2.24, 2.45) is 5.73 Å². The van der Waals surface area contributed by atoms with E-state index in [2.05, 4.69) is 9.36 Å². The number of hydrogen-bond acceptors (Lipinski definition) is 4. The molecular weight excluding hydrogens is 122 g/mol. The fourth-order valence-corrected chi connectivity index (χ4v) is 0.903. The number of aromatic nitrogens is 2. The van der Waals surface area contributed by atoms with Crippen molar-refractivity contribution in [3.8, 4) is 0 Å². The third-order valence-corrected chi connectivity index (χ3v) is 1.28. The van der Waals surface area contributed by atoms with Crippen molar-refractivity contribution in [2.45, 2.75) is 13.0 Å². The van der Waals surface area contributed by atoms with Crippen molar-refractivity contribution in [3.05, 3.63) is 11.3 Å². The summed E-state index contributed by atoms with van der Waals surface area (Å²) in [6.07, 6.45) is 0. The summed E-state index contributed by atoms with van der Waals surface area (Å²) in [7, 11) is 0. The lowest BCUT2D eigenvalue weighted by atomic mass is 10.4. The van der Waals surface area contributed by atoms with Crippen LogP contribution in [0.2, 0.25) is 0 Å². The minimum atomic E-state index is -0.0266. The fraction of sp³-hybridized carbons (Fsp3) is 0.500. The number of nitrogens with two attached hydrogens (primary N) is 1. The highest BCUT2D eigenvalue weighted by molar-refractivity contribution is 7.03. The Morgan fingerprint density at radius 1 is 1.88 bits per heavy atom. The zero-order valence-electron chi connectivity index (χ0n) is 4.53. The molecule has 0 fully saturated rings. The van der Waals surface area contributed by atoms with Gasteiger partial charge in [-0.2, -0.15) is 4.37 Å². The molecule has 0 saturated heterocycles. The Kier molecular flexibility index (Phi) is 1.55. The van der Waals surface area contributed by atoms with E-state index in [0.717, 1.165) is 5.82 Å². The summed E-state index contributed by atoms with van der Waals surface area (Å²) < 4.78 is 3.92. The average Bonchev–Trinajstić information content (AvgIpc) is 2.12. The molecule has 0 aromatic carbocycles. The predicted octanol–water partition coefficient (Wildman–Crippen LogP) is 0.558. The molecule has 0 bridgehead atoms. The Balaban J connectivity index is 2.77. The maximum Gasteiger partial charge on any atom is 0.158 e. The van der Waals surface area contributed by atoms with Gasteiger partial charge in [0.25, 0.3) is 0 Å². The Morgan fingerprint density at radius 3 is 2.88 bits per heavy atom. The van der Waals surface area contributed by atoms with Crippen molar-refractivity contribution in [1.29, 1.82) is 0 Å². The first-order valence-electron chi connectivity index (χ1n) is 2.32. The minimum absolute atomic E-state index is 0.0266. The molecule has 0 aliphatic heterocycles. The van der Waals surface area contributed by atoms with E-state index in [4.69, 9.17) is 5.73 Å². The van der Waals surface area contributed by atoms with Crippen LogP contribution >= 0.6 is 11.5 Å². The highest BCUT2D eigenvalue weighted by Gasteiger charge is 1.99. The van der Waals surface area contributed by atoms with Crippen molar-refractivity contribution < 1.29 is 0 Å². The van der Waals surface area contributed by atoms with Crippen LogP contribution in [-0.4, -0.2) is 9.36 Å². The molecule has 0 aliphatic carbocycles. The van der Waals surface area contributed by atoms with Crippen LogP contribution in [0.3, 0.4) is 0 Å². The first-order valence-corrected chi connectivity index (χ1v) is 3.16. The zero-order chi connectivity index (χ0) is 5.98. The van der Waals surface area contributed by atoms with E-state index in [1.807, 2.05) is 6.92 Å². The van der Waals surface area contributed by atoms with E-state index in [9.17, 15) is 0 Å². The van der Waals surface area contributed by atoms with Crippen LogP contribution in [0, 0.1) is 0 Å². The van der Waals surface area contributed by atoms with Crippen LogP contribution < -0.4 is 5.73 Å². The predicted molar refractivity (Wildman–Crippen MR) is 32.5 cm³/mol. The van der Waals surface area contributed by atoms with Crippen LogP contribution in [0.25, 0.3) is 0 Å². The van der Waals surface area contributed by atoms with Crippen molar-refractivity contribution in [1.82, 2.24) is 9.36 Å². The van der Waals surface area contributed by atoms with E-state index in [-0.39, 0.29) is 6.04 Å². The lowest BCUT2D eigenvalue weighted by molar-refractivity contribution is 0.760. The molecule has 1 aromatic rings. The quantitative estimate of drug-likeness (QED) is 0.602. The number of hydrogen-bond donors (Lipinski definition) is 1. The van der Waals surface area contributed by atoms with Crippen LogP contribution in [0.15, 0.2) is 5.51 Å². The van der Waals surface area contributed by atoms with Crippen LogP contribution in [0.5, 0.6) is 0 Å². The standard InChI is InChI=1S/C4H7N3S/c1-3(5)4-6-2-8-7-4/h2-3H,5H2,1H3. The third-order valence-electron chi connectivity index (χ3n) is 0.786. The van der Waals surface area contributed by atoms with E-state index < -0.39 is 0 Å². The van der Waals surface area contributed by atoms with Crippen molar-refractivity contribution in [3.63, 3.8) is 0 Å². The summed E-state index contributed by atoms with van der Waals surface area (Å²) in [5.74, 6) is 0.731. The van der Waals surface area contributed by atoms with Gasteiger partial charge in [0.2, 0.25) is 0 Å². The van der Waals surface area contributed by atoms with Gasteiger partial charge < -0.3 is 5.73 Å². The molecular formula is C4H7N3S. The highest BCUT2D eigenvalue weighted by atomic mass is 32.1. The Bertz CT molecular complexity index is 146. The molecule has 1 atom stereocenters. The molecule has 0 amide bonds. The molecule has 44 valence electrons. The summed E-state index contributed by atoms with van der Waals surface area (Å²) in [6, 6.07) is -0.0266. The van der Waals surface area contributed by atoms with Gasteiger partial charge in [0.05, 0.1) is 6.04 Å². The van der Waals surface area contributed by atoms with Crippen LogP contribution in [0.4, 0.5) is 0 Å². The smallest absolute Gasteiger partial charge is 0.158 e. The SMILES string of the molecule is CC(N)c1ncsn1. The van der Waals surface area contributed by atoms with Gasteiger partial charge in [-0.3, -0.25) is 0 Å². The summed E-state index contributed by atoms with van der Waals surface area (Å²) >= 11 is 1.33. The van der Waals surface area contributed by atoms with E-state index >= 15 is 0 Å². The van der Waals surface area contributed by atoms with Gasteiger partial charge in [-0.15, -0.1) is 0 Å². The molecule has 1 aromatic heterocycles. The number of nitrogens with zero attached hydrogens (tertiary/aromatic N) is 2. The second-order valence-electron chi connectivity index (χ2n) is 1.58. The Hall–Kier alpha value is -0.480. The first kappa shape index (κ1) is 5.65. The van der Waals surface area contributed by atoms with Crippen molar-refractivity contribution >= 4 is 11.5 Å². The molecule has 0 saturated carbocycles. The molecule has 0 radical (unpaired) electrons. The largest absolute Gasteiger partial charge is 0.322 e. The Labute approximate surface area is 51.7 Å². The van der Waals surface area contributed by atoms with Gasteiger partial charge in [-0.05, 0) is 18.5 Å². The van der Waals surface area contributed by atoms with E-state index in [1.165, 1.54) is 11.5 Å². The van der Waals surface area contributed by atoms with E-state index in [1.54, 1.807) is 5.51 Å². The van der Waals surface area contributed by atoms with Crippen LogP contribution in [0.1, 0.15) is 18.8 Å². The Morgan fingerprint density at radius 2 is 2.62 bits per heavy atom. The van der Waals surface area contributed by atoms with Gasteiger partial charge in [-0.25, -0.2) is 4.98 Å². The maximum absolute atomic E-state index is 5.44. The normalized spacial score (nSPS) is 13.8. The topological polar surface area (TPSA) is 51.8 Å². The van der Waals surface area contributed by atoms with E-state index in [0.29, 0.717) is 0 Å². The van der Waals surface area contributed by atoms with Crippen molar-refractivity contribution in [2.75, 3.05) is 0 Å². The molecule has 1 unspecified atom stereocenters. The lowest BCUT2D eigenvalue weighted by Gasteiger charge is -1.93. The molecule has 1 rings (SSSR count). The molecule has 1 heterocycles. The zero-order valence-corrected chi connectivity index (χ0v) is 5.35. The monoisotopic (exact) mass is 129 g/mol. The van der Waals surface area contributed by atoms with Crippen LogP contribution in [-0.2, 0) is 0 Å². The minimum Gasteiger partial charge on any atom is -0.322 e. The molecule has 3 nitrogen and oxygen atoms in total. The highest BCUT2D eigenvalue weighted by Crippen LogP contribution is 2.02. The molecule has 8 heavy (non-hydrogen) atoms. The van der Waals surface area contributed by atoms with Gasteiger partial charge >= 0.3 is 0 Å². The van der Waals surface area contributed by atoms with Gasteiger partial charge in [0, 0.05) is 0 Å². The average molecular weight is 129 g/mol. The van der Waals surface area contributed by atoms with Gasteiger partial charge in [0.15, 0.2) is 5.82 Å².